The number of methoxy groups -OCH3 is 2. The van der Waals surface area contributed by atoms with Crippen LogP contribution in [0.4, 0.5) is 0 Å². The predicted octanol–water partition coefficient (Wildman–Crippen LogP) is 3.89. The number of allylic oxidation sites excluding steroid dienone is 2. The first kappa shape index (κ1) is 27.4. The fourth-order valence-corrected chi connectivity index (χ4v) is 2.26. The number of carbonyl (C=O) groups excluding carboxylic acids is 4. The topological polar surface area (TPSA) is 127 Å². The number of benzene rings is 2. The van der Waals surface area contributed by atoms with Crippen LogP contribution in [0.25, 0.3) is 12.2 Å². The zero-order valence-corrected chi connectivity index (χ0v) is 19.1. The molecule has 0 bridgehead atoms. The lowest BCUT2D eigenvalue weighted by Crippen LogP contribution is -2.01. The van der Waals surface area contributed by atoms with Crippen molar-refractivity contribution in [2.24, 2.45) is 0 Å². The van der Waals surface area contributed by atoms with E-state index in [4.69, 9.17) is 9.47 Å². The molecule has 33 heavy (non-hydrogen) atoms. The highest BCUT2D eigenvalue weighted by molar-refractivity contribution is 6.97. The van der Waals surface area contributed by atoms with Gasteiger partial charge in [-0.3, -0.25) is 19.2 Å². The molecule has 2 N–H and O–H groups in total. The molecule has 0 atom stereocenters. The van der Waals surface area contributed by atoms with Crippen molar-refractivity contribution in [1.82, 2.24) is 0 Å². The molecule has 174 valence electrons. The molecule has 0 heterocycles. The van der Waals surface area contributed by atoms with E-state index in [2.05, 4.69) is 23.2 Å². The van der Waals surface area contributed by atoms with Crippen molar-refractivity contribution in [3.8, 4) is 23.0 Å². The van der Waals surface area contributed by atoms with Crippen LogP contribution in [0.1, 0.15) is 17.5 Å². The Kier molecular flexibility index (Phi) is 11.4. The van der Waals surface area contributed by atoms with E-state index in [0.717, 1.165) is 0 Å². The molecule has 0 saturated heterocycles. The summed E-state index contributed by atoms with van der Waals surface area (Å²) in [4.78, 5) is 42.7. The quantitative estimate of drug-likeness (QED) is 0.232. The van der Waals surface area contributed by atoms with Gasteiger partial charge in [-0.2, -0.15) is 0 Å². The van der Waals surface area contributed by atoms with Crippen LogP contribution in [-0.4, -0.2) is 46.5 Å². The van der Waals surface area contributed by atoms with E-state index in [9.17, 15) is 29.4 Å². The summed E-state index contributed by atoms with van der Waals surface area (Å²) in [6.07, 6.45) is 5.44. The van der Waals surface area contributed by atoms with Crippen LogP contribution < -0.4 is 9.47 Å². The first-order valence-electron chi connectivity index (χ1n) is 9.12. The molecule has 0 aliphatic carbocycles. The van der Waals surface area contributed by atoms with Gasteiger partial charge >= 0.3 is 10.5 Å². The molecule has 0 radical (unpaired) electrons. The highest BCUT2D eigenvalue weighted by atomic mass is 35.5. The van der Waals surface area contributed by atoms with Crippen molar-refractivity contribution in [3.63, 3.8) is 0 Å². The largest absolute Gasteiger partial charge is 0.504 e. The molecule has 0 aliphatic rings. The SMILES string of the molecule is COc1cc(/C=C/C(=O)CC(=O)/C=C/c2ccc(O)c(OC)c2)ccc1O.O=C(Cl)C(=O)Cl. The maximum absolute atomic E-state index is 11.9. The molecule has 0 saturated carbocycles. The number of carbonyl (C=O) groups is 4. The third-order valence-electron chi connectivity index (χ3n) is 3.83. The van der Waals surface area contributed by atoms with E-state index >= 15 is 0 Å². The van der Waals surface area contributed by atoms with E-state index in [1.165, 1.54) is 38.5 Å². The second-order valence-corrected chi connectivity index (χ2v) is 6.87. The van der Waals surface area contributed by atoms with Gasteiger partial charge in [0.25, 0.3) is 0 Å². The lowest BCUT2D eigenvalue weighted by Gasteiger charge is -2.03. The number of aromatic hydroxyl groups is 2. The summed E-state index contributed by atoms with van der Waals surface area (Å²) in [5.41, 5.74) is 1.33. The summed E-state index contributed by atoms with van der Waals surface area (Å²) in [6.45, 7) is 0. The van der Waals surface area contributed by atoms with Crippen LogP contribution >= 0.6 is 23.2 Å². The molecule has 0 aromatic heterocycles. The Hall–Kier alpha value is -3.62. The molecule has 0 spiro atoms. The zero-order valence-electron chi connectivity index (χ0n) is 17.6. The van der Waals surface area contributed by atoms with Crippen molar-refractivity contribution in [3.05, 3.63) is 59.7 Å². The molecular formula is C23H20Cl2O8. The van der Waals surface area contributed by atoms with Gasteiger partial charge in [-0.1, -0.05) is 24.3 Å². The molecule has 8 nitrogen and oxygen atoms in total. The number of phenols is 2. The third kappa shape index (κ3) is 10.0. The molecule has 0 aliphatic heterocycles. The number of rotatable bonds is 9. The second-order valence-electron chi connectivity index (χ2n) is 6.19. The number of halogens is 2. The second kappa shape index (κ2) is 13.7. The van der Waals surface area contributed by atoms with Crippen molar-refractivity contribution in [2.75, 3.05) is 14.2 Å². The van der Waals surface area contributed by atoms with E-state index in [1.807, 2.05) is 0 Å². The van der Waals surface area contributed by atoms with Crippen molar-refractivity contribution >= 4 is 57.4 Å². The van der Waals surface area contributed by atoms with Crippen molar-refractivity contribution in [2.45, 2.75) is 6.42 Å². The summed E-state index contributed by atoms with van der Waals surface area (Å²) < 4.78 is 10.00. The molecule has 2 aromatic rings. The highest BCUT2D eigenvalue weighted by Gasteiger charge is 2.06. The number of ketones is 2. The molecule has 2 aromatic carbocycles. The van der Waals surface area contributed by atoms with Gasteiger partial charge in [0.2, 0.25) is 0 Å². The van der Waals surface area contributed by atoms with E-state index in [1.54, 1.807) is 36.4 Å². The fourth-order valence-electron chi connectivity index (χ4n) is 2.26. The monoisotopic (exact) mass is 494 g/mol. The Morgan fingerprint density at radius 1 is 0.758 bits per heavy atom. The summed E-state index contributed by atoms with van der Waals surface area (Å²) in [5, 5.41) is 16.8. The smallest absolute Gasteiger partial charge is 0.304 e. The van der Waals surface area contributed by atoms with Gasteiger partial charge in [0, 0.05) is 0 Å². The molecular weight excluding hydrogens is 475 g/mol. The van der Waals surface area contributed by atoms with Crippen LogP contribution in [0.2, 0.25) is 0 Å². The number of ether oxygens (including phenoxy) is 2. The van der Waals surface area contributed by atoms with E-state index < -0.39 is 10.5 Å². The van der Waals surface area contributed by atoms with Crippen LogP contribution in [0, 0.1) is 0 Å². The Labute approximate surface area is 199 Å². The average molecular weight is 495 g/mol. The minimum atomic E-state index is -1.14. The van der Waals surface area contributed by atoms with Crippen LogP contribution in [0.5, 0.6) is 23.0 Å². The molecule has 2 rings (SSSR count). The molecule has 0 amide bonds. The van der Waals surface area contributed by atoms with Gasteiger partial charge in [-0.05, 0) is 70.7 Å². The minimum absolute atomic E-state index is 0.00662. The van der Waals surface area contributed by atoms with Crippen molar-refractivity contribution in [1.29, 1.82) is 0 Å². The highest BCUT2D eigenvalue weighted by Crippen LogP contribution is 2.27. The Bertz CT molecular complexity index is 1000. The third-order valence-corrected chi connectivity index (χ3v) is 4.27. The first-order chi connectivity index (χ1) is 15.6. The maximum atomic E-state index is 11.9. The first-order valence-corrected chi connectivity index (χ1v) is 9.88. The van der Waals surface area contributed by atoms with Gasteiger partial charge in [-0.25, -0.2) is 0 Å². The number of hydrogen-bond acceptors (Lipinski definition) is 8. The number of hydrogen-bond donors (Lipinski definition) is 2. The van der Waals surface area contributed by atoms with Crippen molar-refractivity contribution < 1.29 is 38.9 Å². The summed E-state index contributed by atoms with van der Waals surface area (Å²) >= 11 is 8.98. The van der Waals surface area contributed by atoms with Gasteiger partial charge in [-0.15, -0.1) is 0 Å². The minimum Gasteiger partial charge on any atom is -0.504 e. The summed E-state index contributed by atoms with van der Waals surface area (Å²) in [6, 6.07) is 9.34. The Morgan fingerprint density at radius 2 is 1.12 bits per heavy atom. The van der Waals surface area contributed by atoms with E-state index in [0.29, 0.717) is 22.6 Å². The fraction of sp³-hybridized carbons (Fsp3) is 0.130. The zero-order chi connectivity index (χ0) is 25.0. The van der Waals surface area contributed by atoms with Gasteiger partial charge in [0.15, 0.2) is 34.6 Å². The van der Waals surface area contributed by atoms with Gasteiger partial charge < -0.3 is 19.7 Å². The van der Waals surface area contributed by atoms with Crippen LogP contribution in [0.15, 0.2) is 48.6 Å². The average Bonchev–Trinajstić information content (AvgIpc) is 2.78. The van der Waals surface area contributed by atoms with Crippen LogP contribution in [0.3, 0.4) is 0 Å². The molecule has 10 heteroatoms. The lowest BCUT2D eigenvalue weighted by atomic mass is 10.1. The Balaban J connectivity index is 0.000000801. The summed E-state index contributed by atoms with van der Waals surface area (Å²) in [5.74, 6) is -0.0832. The van der Waals surface area contributed by atoms with Gasteiger partial charge in [0.05, 0.1) is 20.6 Å². The molecule has 0 unspecified atom stereocenters. The van der Waals surface area contributed by atoms with E-state index in [-0.39, 0.29) is 29.5 Å². The standard InChI is InChI=1S/C21H20O6.C2Cl2O2/c1-26-20-11-14(5-9-18(20)24)3-7-16(22)13-17(23)8-4-15-6-10-19(25)21(12-15)27-2;3-1(5)2(4)6/h3-12,24-25H,13H2,1-2H3;/b7-3+,8-4+;. The van der Waals surface area contributed by atoms with Crippen LogP contribution in [-0.2, 0) is 19.2 Å². The predicted molar refractivity (Wildman–Crippen MR) is 124 cm³/mol. The Morgan fingerprint density at radius 3 is 1.42 bits per heavy atom. The maximum Gasteiger partial charge on any atom is 0.304 e. The van der Waals surface area contributed by atoms with Gasteiger partial charge in [0.1, 0.15) is 0 Å². The normalized spacial score (nSPS) is 10.4. The molecule has 0 fully saturated rings. The number of phenolic OH excluding ortho intramolecular Hbond substituents is 2. The lowest BCUT2D eigenvalue weighted by molar-refractivity contribution is -0.127. The summed E-state index contributed by atoms with van der Waals surface area (Å²) in [7, 11) is 2.87.